The molecule has 2 rings (SSSR count). The van der Waals surface area contributed by atoms with Crippen molar-refractivity contribution >= 4 is 17.4 Å². The van der Waals surface area contributed by atoms with E-state index >= 15 is 0 Å². The van der Waals surface area contributed by atoms with Crippen molar-refractivity contribution in [1.82, 2.24) is 0 Å². The van der Waals surface area contributed by atoms with E-state index in [1.807, 2.05) is 0 Å². The van der Waals surface area contributed by atoms with Crippen LogP contribution >= 0.6 is 0 Å². The maximum Gasteiger partial charge on any atom is 0.454 e. The first-order chi connectivity index (χ1) is 10.3. The van der Waals surface area contributed by atoms with Crippen LogP contribution in [0.2, 0.25) is 0 Å². The zero-order valence-electron chi connectivity index (χ0n) is 11.6. The summed E-state index contributed by atoms with van der Waals surface area (Å²) in [7, 11) is 1.33. The quantitative estimate of drug-likeness (QED) is 0.811. The van der Waals surface area contributed by atoms with Gasteiger partial charge in [-0.3, -0.25) is 9.59 Å². The maximum absolute atomic E-state index is 12.6. The molecular weight excluding hydrogens is 295 g/mol. The van der Waals surface area contributed by atoms with Crippen LogP contribution in [0.15, 0.2) is 54.6 Å². The van der Waals surface area contributed by atoms with E-state index in [2.05, 4.69) is 0 Å². The number of hydrogen-bond donors (Lipinski definition) is 0. The number of halogens is 3. The highest BCUT2D eigenvalue weighted by Gasteiger charge is 2.41. The second-order valence-corrected chi connectivity index (χ2v) is 4.57. The number of rotatable bonds is 3. The van der Waals surface area contributed by atoms with E-state index in [4.69, 9.17) is 0 Å². The first kappa shape index (κ1) is 15.8. The third-order valence-electron chi connectivity index (χ3n) is 3.09. The molecule has 3 nitrogen and oxygen atoms in total. The van der Waals surface area contributed by atoms with Crippen LogP contribution in [0.3, 0.4) is 0 Å². The maximum atomic E-state index is 12.6. The fourth-order valence-electron chi connectivity index (χ4n) is 1.99. The number of carbonyl (C=O) groups excluding carboxylic acids is 2. The summed E-state index contributed by atoms with van der Waals surface area (Å²) < 4.78 is 37.9. The predicted molar refractivity (Wildman–Crippen MR) is 76.0 cm³/mol. The number of alkyl halides is 3. The number of nitrogens with zero attached hydrogens (tertiary/aromatic N) is 1. The van der Waals surface area contributed by atoms with Crippen molar-refractivity contribution in [3.8, 4) is 0 Å². The van der Waals surface area contributed by atoms with Gasteiger partial charge in [0.2, 0.25) is 0 Å². The van der Waals surface area contributed by atoms with Gasteiger partial charge in [-0.2, -0.15) is 13.2 Å². The highest BCUT2D eigenvalue weighted by molar-refractivity contribution is 6.11. The molecule has 2 aromatic rings. The van der Waals surface area contributed by atoms with Crippen LogP contribution < -0.4 is 4.90 Å². The van der Waals surface area contributed by atoms with Gasteiger partial charge in [0.1, 0.15) is 0 Å². The summed E-state index contributed by atoms with van der Waals surface area (Å²) in [5.41, 5.74) is -0.320. The minimum absolute atomic E-state index is 0.0846. The molecule has 1 amide bonds. The molecule has 2 aromatic carbocycles. The average Bonchev–Trinajstić information content (AvgIpc) is 2.52. The minimum Gasteiger partial charge on any atom is -0.311 e. The fourth-order valence-corrected chi connectivity index (χ4v) is 1.99. The molecule has 0 saturated carbocycles. The molecule has 0 N–H and O–H groups in total. The molecule has 22 heavy (non-hydrogen) atoms. The highest BCUT2D eigenvalue weighted by atomic mass is 19.4. The van der Waals surface area contributed by atoms with Gasteiger partial charge < -0.3 is 4.90 Å². The number of hydrogen-bond acceptors (Lipinski definition) is 2. The number of amides is 1. The minimum atomic E-state index is -4.99. The molecule has 0 atom stereocenters. The molecule has 0 spiro atoms. The third-order valence-corrected chi connectivity index (χ3v) is 3.09. The van der Waals surface area contributed by atoms with E-state index < -0.39 is 23.4 Å². The Morgan fingerprint density at radius 2 is 1.45 bits per heavy atom. The lowest BCUT2D eigenvalue weighted by atomic mass is 10.1. The first-order valence-corrected chi connectivity index (χ1v) is 6.36. The Morgan fingerprint density at radius 1 is 0.909 bits per heavy atom. The van der Waals surface area contributed by atoms with Crippen molar-refractivity contribution in [3.63, 3.8) is 0 Å². The highest BCUT2D eigenvalue weighted by Crippen LogP contribution is 2.28. The Kier molecular flexibility index (Phi) is 4.30. The van der Waals surface area contributed by atoms with E-state index in [0.29, 0.717) is 5.56 Å². The van der Waals surface area contributed by atoms with Crippen LogP contribution in [0.1, 0.15) is 20.7 Å². The second kappa shape index (κ2) is 6.01. The van der Waals surface area contributed by atoms with Gasteiger partial charge in [0.05, 0.1) is 11.3 Å². The SMILES string of the molecule is CN(C(=O)c1ccccc1)c1ccccc1C(=O)C(F)(F)F. The summed E-state index contributed by atoms with van der Waals surface area (Å²) >= 11 is 0. The van der Waals surface area contributed by atoms with E-state index in [1.165, 1.54) is 25.2 Å². The van der Waals surface area contributed by atoms with Crippen LogP contribution in [0.4, 0.5) is 18.9 Å². The number of Topliss-reactive ketones (excluding diaryl/α,β-unsaturated/α-hetero) is 1. The average molecular weight is 307 g/mol. The monoisotopic (exact) mass is 307 g/mol. The van der Waals surface area contributed by atoms with Gasteiger partial charge in [0, 0.05) is 12.6 Å². The standard InChI is InChI=1S/C16H12F3NO2/c1-20(15(22)11-7-3-2-4-8-11)13-10-6-5-9-12(13)14(21)16(17,18)19/h2-10H,1H3. The molecule has 0 unspecified atom stereocenters. The summed E-state index contributed by atoms with van der Waals surface area (Å²) in [6.45, 7) is 0. The van der Waals surface area contributed by atoms with Crippen molar-refractivity contribution in [3.05, 3.63) is 65.7 Å². The molecule has 0 saturated heterocycles. The number of benzene rings is 2. The topological polar surface area (TPSA) is 37.4 Å². The molecule has 0 aliphatic carbocycles. The van der Waals surface area contributed by atoms with Gasteiger partial charge >= 0.3 is 6.18 Å². The Hall–Kier alpha value is -2.63. The molecule has 0 aliphatic rings. The first-order valence-electron chi connectivity index (χ1n) is 6.36. The van der Waals surface area contributed by atoms with Gasteiger partial charge in [-0.1, -0.05) is 30.3 Å². The predicted octanol–water partition coefficient (Wildman–Crippen LogP) is 3.71. The van der Waals surface area contributed by atoms with E-state index in [-0.39, 0.29) is 5.69 Å². The summed E-state index contributed by atoms with van der Waals surface area (Å²) in [5, 5.41) is 0. The summed E-state index contributed by atoms with van der Waals surface area (Å²) in [6, 6.07) is 13.3. The van der Waals surface area contributed by atoms with Gasteiger partial charge in [0.25, 0.3) is 11.7 Å². The molecule has 6 heteroatoms. The number of anilines is 1. The zero-order valence-corrected chi connectivity index (χ0v) is 11.6. The van der Waals surface area contributed by atoms with E-state index in [0.717, 1.165) is 11.0 Å². The number of carbonyl (C=O) groups is 2. The van der Waals surface area contributed by atoms with Gasteiger partial charge in [-0.05, 0) is 24.3 Å². The summed E-state index contributed by atoms with van der Waals surface area (Å²) in [6.07, 6.45) is -4.99. The van der Waals surface area contributed by atoms with Gasteiger partial charge in [-0.15, -0.1) is 0 Å². The molecule has 0 heterocycles. The van der Waals surface area contributed by atoms with Crippen LogP contribution in [-0.4, -0.2) is 24.9 Å². The molecule has 114 valence electrons. The lowest BCUT2D eigenvalue weighted by Gasteiger charge is -2.20. The van der Waals surface area contributed by atoms with Crippen molar-refractivity contribution in [2.75, 3.05) is 11.9 Å². The Balaban J connectivity index is 2.41. The van der Waals surface area contributed by atoms with Crippen LogP contribution in [0.25, 0.3) is 0 Å². The normalized spacial score (nSPS) is 11.1. The molecule has 0 bridgehead atoms. The lowest BCUT2D eigenvalue weighted by molar-refractivity contribution is -0.0884. The fraction of sp³-hybridized carbons (Fsp3) is 0.125. The zero-order chi connectivity index (χ0) is 16.3. The van der Waals surface area contributed by atoms with Crippen molar-refractivity contribution in [2.24, 2.45) is 0 Å². The number of ketones is 1. The smallest absolute Gasteiger partial charge is 0.311 e. The van der Waals surface area contributed by atoms with Crippen molar-refractivity contribution in [1.29, 1.82) is 0 Å². The Bertz CT molecular complexity index is 696. The van der Waals surface area contributed by atoms with Crippen molar-refractivity contribution < 1.29 is 22.8 Å². The second-order valence-electron chi connectivity index (χ2n) is 4.57. The molecule has 0 radical (unpaired) electrons. The van der Waals surface area contributed by atoms with Crippen LogP contribution in [0.5, 0.6) is 0 Å². The third kappa shape index (κ3) is 3.16. The van der Waals surface area contributed by atoms with Gasteiger partial charge in [-0.25, -0.2) is 0 Å². The summed E-state index contributed by atoms with van der Waals surface area (Å²) in [5.74, 6) is -2.47. The summed E-state index contributed by atoms with van der Waals surface area (Å²) in [4.78, 5) is 24.8. The number of para-hydroxylation sites is 1. The van der Waals surface area contributed by atoms with Gasteiger partial charge in [0.15, 0.2) is 0 Å². The molecule has 0 aliphatic heterocycles. The van der Waals surface area contributed by atoms with Crippen LogP contribution in [-0.2, 0) is 0 Å². The van der Waals surface area contributed by atoms with Crippen LogP contribution in [0, 0.1) is 0 Å². The molecule has 0 fully saturated rings. The van der Waals surface area contributed by atoms with E-state index in [9.17, 15) is 22.8 Å². The molecular formula is C16H12F3NO2. The molecule has 0 aromatic heterocycles. The largest absolute Gasteiger partial charge is 0.454 e. The Morgan fingerprint density at radius 3 is 2.05 bits per heavy atom. The van der Waals surface area contributed by atoms with E-state index in [1.54, 1.807) is 30.3 Å². The lowest BCUT2D eigenvalue weighted by Crippen LogP contribution is -2.30. The Labute approximate surface area is 125 Å². The van der Waals surface area contributed by atoms with Crippen molar-refractivity contribution in [2.45, 2.75) is 6.18 Å².